The van der Waals surface area contributed by atoms with Crippen molar-refractivity contribution in [3.05, 3.63) is 72.7 Å². The van der Waals surface area contributed by atoms with Crippen LogP contribution in [0.5, 0.6) is 5.75 Å². The summed E-state index contributed by atoms with van der Waals surface area (Å²) in [5, 5.41) is 1.05. The highest BCUT2D eigenvalue weighted by molar-refractivity contribution is 6.01. The Bertz CT molecular complexity index is 1040. The zero-order valence-corrected chi connectivity index (χ0v) is 18.5. The Kier molecular flexibility index (Phi) is 6.49. The van der Waals surface area contributed by atoms with E-state index in [2.05, 4.69) is 35.7 Å². The number of aliphatic imine (C=N–C) groups is 1. The average Bonchev–Trinajstić information content (AvgIpc) is 2.78. The second-order valence-electron chi connectivity index (χ2n) is 7.99. The van der Waals surface area contributed by atoms with Crippen LogP contribution in [0.2, 0.25) is 0 Å². The first-order valence-electron chi connectivity index (χ1n) is 10.7. The van der Waals surface area contributed by atoms with Crippen LogP contribution in [0.25, 0.3) is 10.9 Å². The number of amidine groups is 1. The number of hydrogen-bond acceptors (Lipinski definition) is 5. The van der Waals surface area contributed by atoms with Crippen molar-refractivity contribution in [1.29, 1.82) is 0 Å². The maximum Gasteiger partial charge on any atom is 0.158 e. The number of piperidine rings is 1. The molecule has 162 valence electrons. The molecule has 1 saturated heterocycles. The maximum atomic E-state index is 6.49. The van der Waals surface area contributed by atoms with Gasteiger partial charge in [0.15, 0.2) is 5.84 Å². The maximum absolute atomic E-state index is 6.49. The number of benzene rings is 1. The molecule has 2 aliphatic heterocycles. The van der Waals surface area contributed by atoms with E-state index in [0.29, 0.717) is 12.6 Å². The highest BCUT2D eigenvalue weighted by atomic mass is 16.5. The van der Waals surface area contributed by atoms with E-state index < -0.39 is 0 Å². The number of pyridine rings is 1. The molecule has 1 aromatic carbocycles. The van der Waals surface area contributed by atoms with Crippen molar-refractivity contribution >= 4 is 16.7 Å². The normalized spacial score (nSPS) is 22.4. The van der Waals surface area contributed by atoms with Crippen LogP contribution in [0.15, 0.2) is 72.0 Å². The smallest absolute Gasteiger partial charge is 0.158 e. The van der Waals surface area contributed by atoms with Crippen LogP contribution in [-0.2, 0) is 4.74 Å². The Balaban J connectivity index is 1.62. The lowest BCUT2D eigenvalue weighted by atomic mass is 10.0. The second-order valence-corrected chi connectivity index (χ2v) is 7.99. The van der Waals surface area contributed by atoms with E-state index in [-0.39, 0.29) is 6.10 Å². The summed E-state index contributed by atoms with van der Waals surface area (Å²) >= 11 is 0. The third-order valence-corrected chi connectivity index (χ3v) is 5.91. The molecule has 6 heteroatoms. The predicted octanol–water partition coefficient (Wildman–Crippen LogP) is 4.00. The molecule has 1 aromatic heterocycles. The zero-order valence-electron chi connectivity index (χ0n) is 18.5. The SMILES string of the molecule is C=C1C=CC=CN1/C(=N\C)c1ccc2cccc(O[C@H]3CCN(C)[C@H](COC)C3)c2n1. The van der Waals surface area contributed by atoms with Gasteiger partial charge in [-0.15, -0.1) is 0 Å². The van der Waals surface area contributed by atoms with Gasteiger partial charge in [0.25, 0.3) is 0 Å². The van der Waals surface area contributed by atoms with Crippen molar-refractivity contribution < 1.29 is 9.47 Å². The third-order valence-electron chi connectivity index (χ3n) is 5.91. The van der Waals surface area contributed by atoms with Crippen LogP contribution in [0, 0.1) is 0 Å². The summed E-state index contributed by atoms with van der Waals surface area (Å²) in [6.45, 7) is 5.82. The summed E-state index contributed by atoms with van der Waals surface area (Å²) in [4.78, 5) is 13.8. The van der Waals surface area contributed by atoms with E-state index in [1.54, 1.807) is 14.2 Å². The molecule has 2 aliphatic rings. The number of fused-ring (bicyclic) bond motifs is 1. The van der Waals surface area contributed by atoms with Gasteiger partial charge in [-0.25, -0.2) is 4.98 Å². The van der Waals surface area contributed by atoms with Gasteiger partial charge in [0.1, 0.15) is 23.1 Å². The van der Waals surface area contributed by atoms with E-state index in [1.165, 1.54) is 0 Å². The zero-order chi connectivity index (χ0) is 21.8. The van der Waals surface area contributed by atoms with Gasteiger partial charge < -0.3 is 19.3 Å². The average molecular weight is 419 g/mol. The first-order valence-corrected chi connectivity index (χ1v) is 10.7. The van der Waals surface area contributed by atoms with Crippen LogP contribution in [0.1, 0.15) is 18.5 Å². The van der Waals surface area contributed by atoms with Crippen LogP contribution in [0.3, 0.4) is 0 Å². The molecule has 0 spiro atoms. The minimum Gasteiger partial charge on any atom is -0.488 e. The predicted molar refractivity (Wildman–Crippen MR) is 125 cm³/mol. The fourth-order valence-corrected chi connectivity index (χ4v) is 4.18. The van der Waals surface area contributed by atoms with Crippen LogP contribution in [-0.4, -0.2) is 67.1 Å². The number of hydrogen-bond donors (Lipinski definition) is 0. The summed E-state index contributed by atoms with van der Waals surface area (Å²) in [6, 6.07) is 10.5. The molecule has 0 saturated carbocycles. The molecule has 4 rings (SSSR count). The molecule has 3 heterocycles. The summed E-state index contributed by atoms with van der Waals surface area (Å²) in [5.41, 5.74) is 2.49. The summed E-state index contributed by atoms with van der Waals surface area (Å²) in [6.07, 6.45) is 9.90. The molecule has 0 N–H and O–H groups in total. The molecule has 2 aromatic rings. The van der Waals surface area contributed by atoms with Crippen molar-refractivity contribution in [2.24, 2.45) is 4.99 Å². The Morgan fingerprint density at radius 2 is 2.13 bits per heavy atom. The van der Waals surface area contributed by atoms with Crippen LogP contribution >= 0.6 is 0 Å². The fraction of sp³-hybridized carbons (Fsp3) is 0.360. The van der Waals surface area contributed by atoms with Crippen molar-refractivity contribution in [3.63, 3.8) is 0 Å². The lowest BCUT2D eigenvalue weighted by Crippen LogP contribution is -2.45. The molecule has 0 bridgehead atoms. The quantitative estimate of drug-likeness (QED) is 0.543. The standard InChI is InChI=1S/C25H30N4O2/c1-18-8-5-6-14-29(18)25(26-2)22-12-11-19-9-7-10-23(24(19)27-22)31-21-13-15-28(3)20(16-21)17-30-4/h5-12,14,20-21H,1,13,15-17H2,2-4H3/b26-25-/t20-,21-/m0/s1. The molecule has 31 heavy (non-hydrogen) atoms. The van der Waals surface area contributed by atoms with Gasteiger partial charge in [0.05, 0.1) is 6.61 Å². The second kappa shape index (κ2) is 9.45. The van der Waals surface area contributed by atoms with Crippen molar-refractivity contribution in [2.75, 3.05) is 34.4 Å². The number of allylic oxidation sites excluding steroid dienone is 3. The number of aromatic nitrogens is 1. The highest BCUT2D eigenvalue weighted by Crippen LogP contribution is 2.29. The molecule has 2 atom stereocenters. The van der Waals surface area contributed by atoms with Crippen molar-refractivity contribution in [2.45, 2.75) is 25.0 Å². The summed E-state index contributed by atoms with van der Waals surface area (Å²) < 4.78 is 11.9. The highest BCUT2D eigenvalue weighted by Gasteiger charge is 2.28. The number of likely N-dealkylation sites (N-methyl/N-ethyl adjacent to an activating group) is 1. The monoisotopic (exact) mass is 418 g/mol. The van der Waals surface area contributed by atoms with E-state index in [4.69, 9.17) is 14.5 Å². The Morgan fingerprint density at radius 3 is 2.90 bits per heavy atom. The van der Waals surface area contributed by atoms with Crippen molar-refractivity contribution in [3.8, 4) is 5.75 Å². The first-order chi connectivity index (χ1) is 15.1. The first kappa shape index (κ1) is 21.3. The lowest BCUT2D eigenvalue weighted by Gasteiger charge is -2.36. The molecule has 0 radical (unpaired) electrons. The van der Waals surface area contributed by atoms with E-state index >= 15 is 0 Å². The van der Waals surface area contributed by atoms with Crippen molar-refractivity contribution in [1.82, 2.24) is 14.8 Å². The number of methoxy groups -OCH3 is 1. The topological polar surface area (TPSA) is 50.2 Å². The van der Waals surface area contributed by atoms with E-state index in [1.807, 2.05) is 47.5 Å². The number of para-hydroxylation sites is 1. The van der Waals surface area contributed by atoms with E-state index in [9.17, 15) is 0 Å². The minimum absolute atomic E-state index is 0.140. The van der Waals surface area contributed by atoms with Crippen LogP contribution in [0.4, 0.5) is 0 Å². The van der Waals surface area contributed by atoms with Crippen LogP contribution < -0.4 is 4.74 Å². The van der Waals surface area contributed by atoms with Gasteiger partial charge in [-0.05, 0) is 37.8 Å². The van der Waals surface area contributed by atoms with Gasteiger partial charge in [-0.1, -0.05) is 30.9 Å². The number of ether oxygens (including phenoxy) is 2. The lowest BCUT2D eigenvalue weighted by molar-refractivity contribution is 0.0299. The Labute approximate surface area is 184 Å². The summed E-state index contributed by atoms with van der Waals surface area (Å²) in [5.74, 6) is 1.56. The largest absolute Gasteiger partial charge is 0.488 e. The van der Waals surface area contributed by atoms with Gasteiger partial charge in [0.2, 0.25) is 0 Å². The van der Waals surface area contributed by atoms with Gasteiger partial charge in [0, 0.05) is 50.4 Å². The number of nitrogens with zero attached hydrogens (tertiary/aromatic N) is 4. The molecule has 0 unspecified atom stereocenters. The third kappa shape index (κ3) is 4.55. The molecular weight excluding hydrogens is 388 g/mol. The summed E-state index contributed by atoms with van der Waals surface area (Å²) in [7, 11) is 5.68. The molecule has 0 amide bonds. The molecule has 6 nitrogen and oxygen atoms in total. The molecule has 0 aliphatic carbocycles. The molecule has 1 fully saturated rings. The van der Waals surface area contributed by atoms with Gasteiger partial charge >= 0.3 is 0 Å². The minimum atomic E-state index is 0.140. The Hall–Kier alpha value is -2.96. The van der Waals surface area contributed by atoms with Gasteiger partial charge in [-0.3, -0.25) is 4.99 Å². The van der Waals surface area contributed by atoms with Gasteiger partial charge in [-0.2, -0.15) is 0 Å². The van der Waals surface area contributed by atoms with E-state index in [0.717, 1.165) is 53.3 Å². The molecular formula is C25H30N4O2. The fourth-order valence-electron chi connectivity index (χ4n) is 4.18. The number of rotatable bonds is 5. The Morgan fingerprint density at radius 1 is 1.26 bits per heavy atom. The number of likely N-dealkylation sites (tertiary alicyclic amines) is 1.